The molecule has 4 rings (SSSR count). The first-order valence-corrected chi connectivity index (χ1v) is 12.5. The summed E-state index contributed by atoms with van der Waals surface area (Å²) in [6.45, 7) is 2.72. The van der Waals surface area contributed by atoms with Gasteiger partial charge in [-0.15, -0.1) is 0 Å². The summed E-state index contributed by atoms with van der Waals surface area (Å²) in [7, 11) is -2.56. The molecule has 2 saturated heterocycles. The van der Waals surface area contributed by atoms with E-state index in [1.807, 2.05) is 0 Å². The first kappa shape index (κ1) is 21.9. The average Bonchev–Trinajstić information content (AvgIpc) is 3.49. The molecule has 1 atom stereocenters. The summed E-state index contributed by atoms with van der Waals surface area (Å²) < 4.78 is 36.5. The molecule has 0 spiro atoms. The molecule has 3 aliphatic rings. The Bertz CT molecular complexity index is 1020. The van der Waals surface area contributed by atoms with Crippen LogP contribution in [-0.4, -0.2) is 65.0 Å². The standard InChI is InChI=1S/C20H25FN4O4S2/c1-13(26)23-31(28)8-6-24(7-9-31)18-5-4-15(10-17(18)21)25-12-16(29-20(25)27)11-22-19(30)14-2-3-14/h4-5,10,14,16H,2-3,6-9,11-12H2,1H3,(H,22,30)/t16-/m0/s1. The van der Waals surface area contributed by atoms with Crippen molar-refractivity contribution in [3.05, 3.63) is 24.0 Å². The lowest BCUT2D eigenvalue weighted by Gasteiger charge is -2.31. The van der Waals surface area contributed by atoms with Crippen LogP contribution in [0.15, 0.2) is 22.6 Å². The number of amides is 2. The third-order valence-corrected chi connectivity index (χ3v) is 8.27. The highest BCUT2D eigenvalue weighted by molar-refractivity contribution is 7.94. The molecule has 1 aromatic carbocycles. The number of benzene rings is 1. The SMILES string of the molecule is CC(=O)N=S1(=O)CCN(c2ccc(N3C[C@H](CNC(=S)C4CC4)OC3=O)cc2F)CC1. The van der Waals surface area contributed by atoms with E-state index in [0.717, 1.165) is 17.8 Å². The van der Waals surface area contributed by atoms with Gasteiger partial charge in [0.25, 0.3) is 5.91 Å². The van der Waals surface area contributed by atoms with Gasteiger partial charge in [-0.3, -0.25) is 9.69 Å². The topological polar surface area (TPSA) is 91.3 Å². The van der Waals surface area contributed by atoms with Crippen LogP contribution in [0.5, 0.6) is 0 Å². The minimum atomic E-state index is -2.56. The van der Waals surface area contributed by atoms with E-state index in [1.165, 1.54) is 17.9 Å². The number of anilines is 2. The summed E-state index contributed by atoms with van der Waals surface area (Å²) >= 11 is 5.30. The van der Waals surface area contributed by atoms with Crippen molar-refractivity contribution < 1.29 is 22.9 Å². The normalized spacial score (nSPS) is 22.8. The van der Waals surface area contributed by atoms with Crippen molar-refractivity contribution in [2.45, 2.75) is 25.9 Å². The molecule has 1 aromatic rings. The number of halogens is 1. The van der Waals surface area contributed by atoms with E-state index in [2.05, 4.69) is 9.68 Å². The zero-order valence-electron chi connectivity index (χ0n) is 17.2. The van der Waals surface area contributed by atoms with Crippen molar-refractivity contribution in [3.63, 3.8) is 0 Å². The number of carbonyl (C=O) groups is 2. The Morgan fingerprint density at radius 1 is 1.35 bits per heavy atom. The quantitative estimate of drug-likeness (QED) is 0.663. The third-order valence-electron chi connectivity index (χ3n) is 5.57. The molecule has 0 radical (unpaired) electrons. The van der Waals surface area contributed by atoms with Crippen molar-refractivity contribution >= 4 is 50.3 Å². The lowest BCUT2D eigenvalue weighted by Crippen LogP contribution is -2.41. The van der Waals surface area contributed by atoms with Gasteiger partial charge in [0.05, 0.1) is 39.2 Å². The Morgan fingerprint density at radius 2 is 2.06 bits per heavy atom. The van der Waals surface area contributed by atoms with Crippen molar-refractivity contribution in [1.29, 1.82) is 0 Å². The Hall–Kier alpha value is -2.27. The van der Waals surface area contributed by atoms with Crippen molar-refractivity contribution in [1.82, 2.24) is 5.32 Å². The number of cyclic esters (lactones) is 1. The average molecular weight is 469 g/mol. The van der Waals surface area contributed by atoms with E-state index < -0.39 is 27.5 Å². The molecule has 11 heteroatoms. The lowest BCUT2D eigenvalue weighted by atomic mass is 10.2. The largest absolute Gasteiger partial charge is 0.442 e. The Labute approximate surface area is 186 Å². The molecule has 168 valence electrons. The lowest BCUT2D eigenvalue weighted by molar-refractivity contribution is -0.115. The maximum Gasteiger partial charge on any atom is 0.414 e. The van der Waals surface area contributed by atoms with Crippen molar-refractivity contribution in [2.24, 2.45) is 10.3 Å². The van der Waals surface area contributed by atoms with Gasteiger partial charge in [0.1, 0.15) is 11.9 Å². The minimum absolute atomic E-state index is 0.212. The van der Waals surface area contributed by atoms with E-state index in [1.54, 1.807) is 17.0 Å². The van der Waals surface area contributed by atoms with Crippen LogP contribution >= 0.6 is 12.2 Å². The predicted octanol–water partition coefficient (Wildman–Crippen LogP) is 2.31. The number of nitrogens with one attached hydrogen (secondary N) is 1. The van der Waals surface area contributed by atoms with Gasteiger partial charge in [-0.05, 0) is 31.0 Å². The van der Waals surface area contributed by atoms with Crippen LogP contribution in [0, 0.1) is 11.7 Å². The monoisotopic (exact) mass is 468 g/mol. The number of ether oxygens (including phenoxy) is 1. The number of hydrogen-bond acceptors (Lipinski definition) is 6. The van der Waals surface area contributed by atoms with Gasteiger partial charge in [-0.1, -0.05) is 12.2 Å². The molecular weight excluding hydrogens is 443 g/mol. The highest BCUT2D eigenvalue weighted by Gasteiger charge is 2.34. The number of thiocarbonyl (C=S) groups is 1. The maximum atomic E-state index is 14.9. The molecule has 2 amide bonds. The fraction of sp³-hybridized carbons (Fsp3) is 0.550. The van der Waals surface area contributed by atoms with Crippen LogP contribution in [0.25, 0.3) is 0 Å². The number of hydrogen-bond donors (Lipinski definition) is 1. The van der Waals surface area contributed by atoms with E-state index in [-0.39, 0.29) is 17.6 Å². The molecule has 1 saturated carbocycles. The summed E-state index contributed by atoms with van der Waals surface area (Å²) in [5.41, 5.74) is 0.791. The Kier molecular flexibility index (Phi) is 6.16. The van der Waals surface area contributed by atoms with Gasteiger partial charge >= 0.3 is 6.09 Å². The molecule has 0 aromatic heterocycles. The Balaban J connectivity index is 1.38. The predicted molar refractivity (Wildman–Crippen MR) is 121 cm³/mol. The van der Waals surface area contributed by atoms with Gasteiger partial charge in [0, 0.05) is 37.4 Å². The van der Waals surface area contributed by atoms with Gasteiger partial charge in [-0.2, -0.15) is 4.36 Å². The van der Waals surface area contributed by atoms with Crippen LogP contribution in [0.4, 0.5) is 20.6 Å². The summed E-state index contributed by atoms with van der Waals surface area (Å²) in [5.74, 6) is -0.0510. The van der Waals surface area contributed by atoms with Crippen molar-refractivity contribution in [3.8, 4) is 0 Å². The highest BCUT2D eigenvalue weighted by Crippen LogP contribution is 2.31. The number of carbonyl (C=O) groups excluding carboxylic acids is 2. The maximum absolute atomic E-state index is 14.9. The van der Waals surface area contributed by atoms with Crippen LogP contribution < -0.4 is 15.1 Å². The molecule has 31 heavy (non-hydrogen) atoms. The van der Waals surface area contributed by atoms with Crippen LogP contribution in [0.3, 0.4) is 0 Å². The molecule has 8 nitrogen and oxygen atoms in total. The zero-order chi connectivity index (χ0) is 22.2. The second-order valence-electron chi connectivity index (χ2n) is 8.05. The molecule has 1 aliphatic carbocycles. The molecule has 0 bridgehead atoms. The summed E-state index contributed by atoms with van der Waals surface area (Å²) in [5, 5.41) is 3.16. The number of rotatable bonds is 5. The molecule has 3 fully saturated rings. The number of nitrogens with zero attached hydrogens (tertiary/aromatic N) is 3. The fourth-order valence-corrected chi connectivity index (χ4v) is 5.93. The molecular formula is C20H25FN4O4S2. The first-order chi connectivity index (χ1) is 14.7. The van der Waals surface area contributed by atoms with Gasteiger partial charge in [0.15, 0.2) is 0 Å². The molecule has 2 aliphatic heterocycles. The van der Waals surface area contributed by atoms with Crippen molar-refractivity contribution in [2.75, 3.05) is 47.5 Å². The van der Waals surface area contributed by atoms with Crippen LogP contribution in [0.2, 0.25) is 0 Å². The molecule has 2 heterocycles. The summed E-state index contributed by atoms with van der Waals surface area (Å²) in [6.07, 6.45) is 1.34. The fourth-order valence-electron chi connectivity index (χ4n) is 3.75. The van der Waals surface area contributed by atoms with E-state index in [9.17, 15) is 18.2 Å². The van der Waals surface area contributed by atoms with Gasteiger partial charge < -0.3 is 15.0 Å². The van der Waals surface area contributed by atoms with E-state index in [4.69, 9.17) is 17.0 Å². The Morgan fingerprint density at radius 3 is 2.68 bits per heavy atom. The van der Waals surface area contributed by atoms with Gasteiger partial charge in [0.2, 0.25) is 0 Å². The summed E-state index contributed by atoms with van der Waals surface area (Å²) in [4.78, 5) is 27.5. The second kappa shape index (κ2) is 8.70. The molecule has 1 N–H and O–H groups in total. The summed E-state index contributed by atoms with van der Waals surface area (Å²) in [6, 6.07) is 4.60. The van der Waals surface area contributed by atoms with Crippen LogP contribution in [-0.2, 0) is 19.3 Å². The minimum Gasteiger partial charge on any atom is -0.442 e. The highest BCUT2D eigenvalue weighted by atomic mass is 32.2. The van der Waals surface area contributed by atoms with E-state index in [0.29, 0.717) is 43.5 Å². The van der Waals surface area contributed by atoms with Crippen LogP contribution in [0.1, 0.15) is 19.8 Å². The third kappa shape index (κ3) is 5.15. The zero-order valence-corrected chi connectivity index (χ0v) is 18.8. The first-order valence-electron chi connectivity index (χ1n) is 10.3. The smallest absolute Gasteiger partial charge is 0.414 e. The second-order valence-corrected chi connectivity index (χ2v) is 11.0. The molecule has 0 unspecified atom stereocenters. The van der Waals surface area contributed by atoms with Gasteiger partial charge in [-0.25, -0.2) is 13.4 Å². The van der Waals surface area contributed by atoms with E-state index >= 15 is 0 Å².